The smallest absolute Gasteiger partial charge is 0.277 e. The quantitative estimate of drug-likeness (QED) is 0.568. The SMILES string of the molecule is COc1cccc2c1NC(CCc1cccc(NC3=CC(=O)N(CCO)C3=O)c1)CC2. The van der Waals surface area contributed by atoms with E-state index in [1.54, 1.807) is 7.11 Å². The molecule has 2 heterocycles. The van der Waals surface area contributed by atoms with Crippen molar-refractivity contribution in [3.05, 3.63) is 65.4 Å². The van der Waals surface area contributed by atoms with Gasteiger partial charge in [0.2, 0.25) is 0 Å². The van der Waals surface area contributed by atoms with Gasteiger partial charge >= 0.3 is 0 Å². The highest BCUT2D eigenvalue weighted by Gasteiger charge is 2.30. The van der Waals surface area contributed by atoms with Gasteiger partial charge < -0.3 is 20.5 Å². The molecule has 0 aromatic heterocycles. The fourth-order valence-corrected chi connectivity index (χ4v) is 4.15. The van der Waals surface area contributed by atoms with Crippen molar-refractivity contribution >= 4 is 23.2 Å². The molecule has 162 valence electrons. The summed E-state index contributed by atoms with van der Waals surface area (Å²) in [6.07, 6.45) is 5.25. The van der Waals surface area contributed by atoms with Crippen LogP contribution >= 0.6 is 0 Å². The Kier molecular flexibility index (Phi) is 6.23. The lowest BCUT2D eigenvalue weighted by atomic mass is 9.93. The number of benzene rings is 2. The number of rotatable bonds is 8. The lowest BCUT2D eigenvalue weighted by molar-refractivity contribution is -0.137. The number of aliphatic hydroxyl groups excluding tert-OH is 1. The average Bonchev–Trinajstić information content (AvgIpc) is 3.05. The minimum Gasteiger partial charge on any atom is -0.495 e. The fraction of sp³-hybridized carbons (Fsp3) is 0.333. The summed E-state index contributed by atoms with van der Waals surface area (Å²) < 4.78 is 5.50. The number of methoxy groups -OCH3 is 1. The molecule has 7 nitrogen and oxygen atoms in total. The molecule has 4 rings (SSSR count). The number of hydrogen-bond acceptors (Lipinski definition) is 6. The zero-order valence-electron chi connectivity index (χ0n) is 17.6. The molecule has 2 aliphatic heterocycles. The third-order valence-electron chi connectivity index (χ3n) is 5.76. The van der Waals surface area contributed by atoms with Crippen molar-refractivity contribution in [2.45, 2.75) is 31.7 Å². The van der Waals surface area contributed by atoms with Gasteiger partial charge in [-0.2, -0.15) is 0 Å². The van der Waals surface area contributed by atoms with Crippen LogP contribution in [0.1, 0.15) is 24.0 Å². The van der Waals surface area contributed by atoms with E-state index >= 15 is 0 Å². The lowest BCUT2D eigenvalue weighted by Gasteiger charge is -2.28. The molecule has 2 aliphatic rings. The summed E-state index contributed by atoms with van der Waals surface area (Å²) in [6, 6.07) is 14.4. The number of aryl methyl sites for hydroxylation is 2. The second kappa shape index (κ2) is 9.22. The van der Waals surface area contributed by atoms with Crippen LogP contribution in [0.5, 0.6) is 5.75 Å². The molecule has 7 heteroatoms. The van der Waals surface area contributed by atoms with E-state index in [4.69, 9.17) is 9.84 Å². The normalized spacial score (nSPS) is 17.8. The van der Waals surface area contributed by atoms with Crippen molar-refractivity contribution in [3.8, 4) is 5.75 Å². The summed E-state index contributed by atoms with van der Waals surface area (Å²) in [6.45, 7) is -0.249. The molecule has 1 atom stereocenters. The number of carbonyl (C=O) groups is 2. The van der Waals surface area contributed by atoms with Gasteiger partial charge in [0.1, 0.15) is 11.4 Å². The third kappa shape index (κ3) is 4.56. The summed E-state index contributed by atoms with van der Waals surface area (Å²) in [5.41, 5.74) is 4.54. The van der Waals surface area contributed by atoms with E-state index in [2.05, 4.69) is 22.8 Å². The van der Waals surface area contributed by atoms with E-state index in [0.717, 1.165) is 53.3 Å². The molecule has 2 aromatic carbocycles. The van der Waals surface area contributed by atoms with Gasteiger partial charge in [-0.25, -0.2) is 0 Å². The Morgan fingerprint density at radius 1 is 1.23 bits per heavy atom. The van der Waals surface area contributed by atoms with Gasteiger partial charge in [0, 0.05) is 17.8 Å². The third-order valence-corrected chi connectivity index (χ3v) is 5.76. The number of amides is 2. The van der Waals surface area contributed by atoms with E-state index < -0.39 is 11.8 Å². The molecule has 0 fully saturated rings. The van der Waals surface area contributed by atoms with E-state index in [-0.39, 0.29) is 18.8 Å². The molecule has 1 unspecified atom stereocenters. The number of anilines is 2. The molecular weight excluding hydrogens is 394 g/mol. The highest BCUT2D eigenvalue weighted by atomic mass is 16.5. The van der Waals surface area contributed by atoms with Crippen LogP contribution in [0.25, 0.3) is 0 Å². The Morgan fingerprint density at radius 2 is 2.06 bits per heavy atom. The van der Waals surface area contributed by atoms with Crippen molar-refractivity contribution in [2.24, 2.45) is 0 Å². The minimum atomic E-state index is -0.413. The molecule has 0 saturated heterocycles. The minimum absolute atomic E-state index is 0.00168. The summed E-state index contributed by atoms with van der Waals surface area (Å²) in [5, 5.41) is 15.7. The molecule has 2 amide bonds. The number of carbonyl (C=O) groups excluding carboxylic acids is 2. The van der Waals surface area contributed by atoms with Crippen LogP contribution in [0, 0.1) is 0 Å². The molecule has 0 radical (unpaired) electrons. The number of imide groups is 1. The number of nitrogens with one attached hydrogen (secondary N) is 2. The number of nitrogens with zero attached hydrogens (tertiary/aromatic N) is 1. The summed E-state index contributed by atoms with van der Waals surface area (Å²) in [4.78, 5) is 25.3. The molecule has 0 aliphatic carbocycles. The van der Waals surface area contributed by atoms with E-state index in [0.29, 0.717) is 6.04 Å². The Balaban J connectivity index is 1.37. The molecular formula is C24H27N3O4. The van der Waals surface area contributed by atoms with Crippen LogP contribution in [0.3, 0.4) is 0 Å². The molecule has 0 saturated carbocycles. The van der Waals surface area contributed by atoms with Gasteiger partial charge in [-0.1, -0.05) is 24.3 Å². The second-order valence-corrected chi connectivity index (χ2v) is 7.82. The highest BCUT2D eigenvalue weighted by molar-refractivity contribution is 6.17. The number of hydrogen-bond donors (Lipinski definition) is 3. The first-order valence-corrected chi connectivity index (χ1v) is 10.6. The Labute approximate surface area is 181 Å². The predicted molar refractivity (Wildman–Crippen MR) is 119 cm³/mol. The average molecular weight is 421 g/mol. The maximum atomic E-state index is 12.3. The van der Waals surface area contributed by atoms with Gasteiger partial charge in [-0.15, -0.1) is 0 Å². The first-order chi connectivity index (χ1) is 15.1. The van der Waals surface area contributed by atoms with Crippen LogP contribution in [-0.2, 0) is 22.4 Å². The standard InChI is InChI=1S/C24H27N3O4/c1-31-21-7-3-5-17-9-11-18(26-23(17)21)10-8-16-4-2-6-19(14-16)25-20-15-22(29)27(12-13-28)24(20)30/h2-7,14-15,18,25-26,28H,8-13H2,1H3. The predicted octanol–water partition coefficient (Wildman–Crippen LogP) is 2.71. The Hall–Kier alpha value is -3.32. The highest BCUT2D eigenvalue weighted by Crippen LogP contribution is 2.34. The first kappa shape index (κ1) is 20.9. The maximum absolute atomic E-state index is 12.3. The molecule has 0 bridgehead atoms. The monoisotopic (exact) mass is 421 g/mol. The van der Waals surface area contributed by atoms with Crippen molar-refractivity contribution < 1.29 is 19.4 Å². The van der Waals surface area contributed by atoms with E-state index in [1.807, 2.05) is 30.3 Å². The van der Waals surface area contributed by atoms with Crippen LogP contribution in [0.4, 0.5) is 11.4 Å². The lowest BCUT2D eigenvalue weighted by Crippen LogP contribution is -2.34. The zero-order chi connectivity index (χ0) is 21.8. The second-order valence-electron chi connectivity index (χ2n) is 7.82. The van der Waals surface area contributed by atoms with Crippen molar-refractivity contribution in [3.63, 3.8) is 0 Å². The zero-order valence-corrected chi connectivity index (χ0v) is 17.6. The maximum Gasteiger partial charge on any atom is 0.277 e. The van der Waals surface area contributed by atoms with Gasteiger partial charge in [0.25, 0.3) is 11.8 Å². The fourth-order valence-electron chi connectivity index (χ4n) is 4.15. The molecule has 2 aromatic rings. The van der Waals surface area contributed by atoms with Crippen LogP contribution in [0.2, 0.25) is 0 Å². The first-order valence-electron chi connectivity index (χ1n) is 10.6. The largest absolute Gasteiger partial charge is 0.495 e. The van der Waals surface area contributed by atoms with Gasteiger partial charge in [0.05, 0.1) is 25.9 Å². The van der Waals surface area contributed by atoms with Gasteiger partial charge in [-0.3, -0.25) is 14.5 Å². The van der Waals surface area contributed by atoms with E-state index in [1.165, 1.54) is 11.6 Å². The van der Waals surface area contributed by atoms with Crippen molar-refractivity contribution in [1.82, 2.24) is 4.90 Å². The topological polar surface area (TPSA) is 90.9 Å². The Bertz CT molecular complexity index is 1000. The van der Waals surface area contributed by atoms with Crippen LogP contribution < -0.4 is 15.4 Å². The molecule has 3 N–H and O–H groups in total. The van der Waals surface area contributed by atoms with Crippen LogP contribution in [0.15, 0.2) is 54.2 Å². The summed E-state index contributed by atoms with van der Waals surface area (Å²) in [7, 11) is 1.69. The van der Waals surface area contributed by atoms with E-state index in [9.17, 15) is 9.59 Å². The number of para-hydroxylation sites is 1. The number of ether oxygens (including phenoxy) is 1. The van der Waals surface area contributed by atoms with Crippen molar-refractivity contribution in [2.75, 3.05) is 30.9 Å². The van der Waals surface area contributed by atoms with Crippen molar-refractivity contribution in [1.29, 1.82) is 0 Å². The number of β-amino-alcohol motifs (C(OH)–C–C–N with tert-alkyl or cyclic N) is 1. The van der Waals surface area contributed by atoms with Gasteiger partial charge in [0.15, 0.2) is 0 Å². The van der Waals surface area contributed by atoms with Crippen LogP contribution in [-0.4, -0.2) is 48.1 Å². The summed E-state index contributed by atoms with van der Waals surface area (Å²) >= 11 is 0. The van der Waals surface area contributed by atoms with Gasteiger partial charge in [-0.05, 0) is 55.0 Å². The molecule has 31 heavy (non-hydrogen) atoms. The molecule has 0 spiro atoms. The Morgan fingerprint density at radius 3 is 2.87 bits per heavy atom. The number of fused-ring (bicyclic) bond motifs is 1. The summed E-state index contributed by atoms with van der Waals surface area (Å²) in [5.74, 6) is 0.0629. The number of aliphatic hydroxyl groups is 1.